The van der Waals surface area contributed by atoms with Crippen LogP contribution in [0.1, 0.15) is 38.1 Å². The third-order valence-electron chi connectivity index (χ3n) is 4.07. The summed E-state index contributed by atoms with van der Waals surface area (Å²) >= 11 is 0. The number of hydrogen-bond acceptors (Lipinski definition) is 3. The number of amides is 2. The molecule has 0 bridgehead atoms. The van der Waals surface area contributed by atoms with Crippen LogP contribution in [0.3, 0.4) is 0 Å². The van der Waals surface area contributed by atoms with E-state index in [-0.39, 0.29) is 12.6 Å². The van der Waals surface area contributed by atoms with Crippen molar-refractivity contribution in [3.05, 3.63) is 29.6 Å². The maximum Gasteiger partial charge on any atom is 0.315 e. The lowest BCUT2D eigenvalue weighted by Crippen LogP contribution is -2.45. The fraction of sp³-hybridized carbons (Fsp3) is 0.500. The van der Waals surface area contributed by atoms with E-state index >= 15 is 0 Å². The Balaban J connectivity index is 1.89. The summed E-state index contributed by atoms with van der Waals surface area (Å²) in [6.07, 6.45) is 1.21. The number of nitrogens with one attached hydrogen (secondary N) is 3. The summed E-state index contributed by atoms with van der Waals surface area (Å²) in [6.45, 7) is 6.37. The van der Waals surface area contributed by atoms with Gasteiger partial charge in [-0.15, -0.1) is 0 Å². The minimum Gasteiger partial charge on any atom is -0.388 e. The number of imidazole rings is 1. The number of H-pyrrole nitrogens is 1. The van der Waals surface area contributed by atoms with Crippen LogP contribution in [0.2, 0.25) is 0 Å². The number of aliphatic hydroxyl groups is 1. The minimum absolute atomic E-state index is 0.241. The largest absolute Gasteiger partial charge is 0.388 e. The van der Waals surface area contributed by atoms with Gasteiger partial charge in [0.1, 0.15) is 5.82 Å². The molecule has 6 nitrogen and oxygen atoms in total. The molecule has 0 unspecified atom stereocenters. The molecular formula is C16H24N4O2. The van der Waals surface area contributed by atoms with Crippen LogP contribution in [0.15, 0.2) is 18.2 Å². The summed E-state index contributed by atoms with van der Waals surface area (Å²) in [6, 6.07) is 5.62. The first kappa shape index (κ1) is 16.3. The Morgan fingerprint density at radius 2 is 2.05 bits per heavy atom. The predicted octanol–water partition coefficient (Wildman–Crippen LogP) is 2.22. The number of aromatic amines is 1. The number of fused-ring (bicyclic) bond motifs is 1. The molecule has 1 aromatic carbocycles. The molecule has 2 aromatic rings. The second-order valence-corrected chi connectivity index (χ2v) is 5.62. The quantitative estimate of drug-likeness (QED) is 0.659. The van der Waals surface area contributed by atoms with E-state index in [2.05, 4.69) is 20.6 Å². The third-order valence-corrected chi connectivity index (χ3v) is 4.07. The molecule has 0 saturated carbocycles. The van der Waals surface area contributed by atoms with E-state index < -0.39 is 5.60 Å². The summed E-state index contributed by atoms with van der Waals surface area (Å²) in [7, 11) is 0. The molecule has 0 aliphatic rings. The Labute approximate surface area is 130 Å². The van der Waals surface area contributed by atoms with E-state index in [1.165, 1.54) is 0 Å². The number of carbonyl (C=O) groups is 1. The van der Waals surface area contributed by atoms with Crippen molar-refractivity contribution in [2.24, 2.45) is 0 Å². The molecule has 2 amide bonds. The van der Waals surface area contributed by atoms with Crippen molar-refractivity contribution in [1.82, 2.24) is 20.6 Å². The number of hydrogen-bond donors (Lipinski definition) is 4. The molecule has 0 atom stereocenters. The van der Waals surface area contributed by atoms with Crippen LogP contribution in [0, 0.1) is 6.92 Å². The molecule has 0 fully saturated rings. The molecule has 0 radical (unpaired) electrons. The number of urea groups is 1. The van der Waals surface area contributed by atoms with Crippen LogP contribution in [0.4, 0.5) is 4.79 Å². The Bertz CT molecular complexity index is 647. The third kappa shape index (κ3) is 3.76. The topological polar surface area (TPSA) is 90.0 Å². The Kier molecular flexibility index (Phi) is 5.03. The van der Waals surface area contributed by atoms with Crippen molar-refractivity contribution in [2.45, 2.75) is 45.8 Å². The van der Waals surface area contributed by atoms with Crippen LogP contribution >= 0.6 is 0 Å². The molecule has 6 heteroatoms. The average molecular weight is 304 g/mol. The number of carbonyl (C=O) groups excluding carboxylic acids is 1. The molecule has 0 saturated heterocycles. The molecule has 2 rings (SSSR count). The average Bonchev–Trinajstić information content (AvgIpc) is 2.95. The van der Waals surface area contributed by atoms with Crippen molar-refractivity contribution in [3.63, 3.8) is 0 Å². The fourth-order valence-corrected chi connectivity index (χ4v) is 2.28. The van der Waals surface area contributed by atoms with Crippen molar-refractivity contribution < 1.29 is 9.90 Å². The van der Waals surface area contributed by atoms with Crippen LogP contribution in [-0.4, -0.2) is 33.3 Å². The number of rotatable bonds is 6. The first-order chi connectivity index (χ1) is 10.5. The van der Waals surface area contributed by atoms with E-state index in [0.29, 0.717) is 25.2 Å². The van der Waals surface area contributed by atoms with Gasteiger partial charge in [0.15, 0.2) is 0 Å². The summed E-state index contributed by atoms with van der Waals surface area (Å²) in [5, 5.41) is 15.6. The molecule has 0 spiro atoms. The number of para-hydroxylation sites is 1. The predicted molar refractivity (Wildman–Crippen MR) is 86.6 cm³/mol. The van der Waals surface area contributed by atoms with E-state index in [4.69, 9.17) is 0 Å². The number of benzene rings is 1. The molecule has 1 heterocycles. The minimum atomic E-state index is -0.839. The fourth-order valence-electron chi connectivity index (χ4n) is 2.28. The van der Waals surface area contributed by atoms with Gasteiger partial charge in [0.2, 0.25) is 0 Å². The highest BCUT2D eigenvalue weighted by molar-refractivity contribution is 5.78. The zero-order valence-corrected chi connectivity index (χ0v) is 13.4. The van der Waals surface area contributed by atoms with Crippen LogP contribution < -0.4 is 10.6 Å². The molecular weight excluding hydrogens is 280 g/mol. The Morgan fingerprint density at radius 3 is 2.68 bits per heavy atom. The van der Waals surface area contributed by atoms with Crippen molar-refractivity contribution in [1.29, 1.82) is 0 Å². The standard InChI is InChI=1S/C16H24N4O2/c1-4-16(22,5-2)10-18-15(21)17-9-13-19-12-8-6-7-11(3)14(12)20-13/h6-8,22H,4-5,9-10H2,1-3H3,(H,19,20)(H2,17,18,21). The van der Waals surface area contributed by atoms with Crippen LogP contribution in [0.5, 0.6) is 0 Å². The first-order valence-corrected chi connectivity index (χ1v) is 7.65. The van der Waals surface area contributed by atoms with E-state index in [0.717, 1.165) is 16.6 Å². The maximum atomic E-state index is 11.8. The molecule has 1 aromatic heterocycles. The summed E-state index contributed by atoms with van der Waals surface area (Å²) in [4.78, 5) is 19.5. The van der Waals surface area contributed by atoms with Gasteiger partial charge in [-0.25, -0.2) is 9.78 Å². The van der Waals surface area contributed by atoms with Gasteiger partial charge < -0.3 is 20.7 Å². The highest BCUT2D eigenvalue weighted by Gasteiger charge is 2.22. The number of nitrogens with zero attached hydrogens (tertiary/aromatic N) is 1. The smallest absolute Gasteiger partial charge is 0.315 e. The summed E-state index contributed by atoms with van der Waals surface area (Å²) in [5.41, 5.74) is 2.14. The van der Waals surface area contributed by atoms with Gasteiger partial charge in [-0.05, 0) is 31.4 Å². The summed E-state index contributed by atoms with van der Waals surface area (Å²) < 4.78 is 0. The van der Waals surface area contributed by atoms with E-state index in [1.54, 1.807) is 0 Å². The lowest BCUT2D eigenvalue weighted by molar-refractivity contribution is 0.0349. The maximum absolute atomic E-state index is 11.8. The van der Waals surface area contributed by atoms with Crippen molar-refractivity contribution in [2.75, 3.05) is 6.54 Å². The monoisotopic (exact) mass is 304 g/mol. The van der Waals surface area contributed by atoms with E-state index in [1.807, 2.05) is 39.0 Å². The zero-order chi connectivity index (χ0) is 16.2. The molecule has 0 aliphatic carbocycles. The summed E-state index contributed by atoms with van der Waals surface area (Å²) in [5.74, 6) is 0.709. The number of aromatic nitrogens is 2. The highest BCUT2D eigenvalue weighted by Crippen LogP contribution is 2.15. The van der Waals surface area contributed by atoms with Gasteiger partial charge in [-0.2, -0.15) is 0 Å². The van der Waals surface area contributed by atoms with Gasteiger partial charge >= 0.3 is 6.03 Å². The lowest BCUT2D eigenvalue weighted by atomic mass is 9.98. The van der Waals surface area contributed by atoms with Gasteiger partial charge in [-0.3, -0.25) is 0 Å². The van der Waals surface area contributed by atoms with Crippen molar-refractivity contribution in [3.8, 4) is 0 Å². The van der Waals surface area contributed by atoms with Gasteiger partial charge in [0.05, 0.1) is 23.2 Å². The molecule has 4 N–H and O–H groups in total. The van der Waals surface area contributed by atoms with Gasteiger partial charge in [0.25, 0.3) is 0 Å². The molecule has 120 valence electrons. The Morgan fingerprint density at radius 1 is 1.32 bits per heavy atom. The Hall–Kier alpha value is -2.08. The van der Waals surface area contributed by atoms with Gasteiger partial charge in [-0.1, -0.05) is 26.0 Å². The SMILES string of the molecule is CCC(O)(CC)CNC(=O)NCc1nc2c(C)cccc2[nH]1. The van der Waals surface area contributed by atoms with Gasteiger partial charge in [0, 0.05) is 6.54 Å². The number of aryl methyl sites for hydroxylation is 1. The first-order valence-electron chi connectivity index (χ1n) is 7.65. The second-order valence-electron chi connectivity index (χ2n) is 5.62. The molecule has 0 aliphatic heterocycles. The van der Waals surface area contributed by atoms with Crippen LogP contribution in [0.25, 0.3) is 11.0 Å². The van der Waals surface area contributed by atoms with Crippen LogP contribution in [-0.2, 0) is 6.54 Å². The van der Waals surface area contributed by atoms with E-state index in [9.17, 15) is 9.90 Å². The molecule has 22 heavy (non-hydrogen) atoms. The lowest BCUT2D eigenvalue weighted by Gasteiger charge is -2.25. The normalized spacial score (nSPS) is 11.6. The highest BCUT2D eigenvalue weighted by atomic mass is 16.3. The second kappa shape index (κ2) is 6.79. The van der Waals surface area contributed by atoms with Crippen molar-refractivity contribution >= 4 is 17.1 Å². The zero-order valence-electron chi connectivity index (χ0n) is 13.4.